The minimum absolute atomic E-state index is 0.0489. The predicted molar refractivity (Wildman–Crippen MR) is 203 cm³/mol. The second kappa shape index (κ2) is 17.8. The largest absolute Gasteiger partial charge is 0.480 e. The molecule has 2 heterocycles. The summed E-state index contributed by atoms with van der Waals surface area (Å²) in [5.41, 5.74) is 0.949. The fraction of sp³-hybridized carbons (Fsp3) is 0.211. The van der Waals surface area contributed by atoms with Crippen LogP contribution in [0.5, 0.6) is 17.5 Å². The van der Waals surface area contributed by atoms with Gasteiger partial charge in [-0.1, -0.05) is 29.8 Å². The first-order chi connectivity index (χ1) is 27.7. The van der Waals surface area contributed by atoms with Crippen LogP contribution in [0.2, 0.25) is 5.02 Å². The number of hydrogen-bond acceptors (Lipinski definition) is 12. The van der Waals surface area contributed by atoms with Gasteiger partial charge in [-0.3, -0.25) is 19.4 Å². The number of carboxylic acids is 1. The molecule has 0 spiro atoms. The van der Waals surface area contributed by atoms with Crippen LogP contribution in [-0.2, 0) is 19.9 Å². The number of alkyl halides is 3. The summed E-state index contributed by atoms with van der Waals surface area (Å²) in [4.78, 5) is 66.1. The topological polar surface area (TPSA) is 219 Å². The van der Waals surface area contributed by atoms with Gasteiger partial charge in [-0.15, -0.1) is 0 Å². The molecule has 20 heteroatoms. The Hall–Kier alpha value is -7.02. The van der Waals surface area contributed by atoms with Crippen LogP contribution in [0.4, 0.5) is 36.4 Å². The van der Waals surface area contributed by atoms with Crippen LogP contribution in [0.25, 0.3) is 0 Å². The third-order valence-electron chi connectivity index (χ3n) is 8.37. The highest BCUT2D eigenvalue weighted by molar-refractivity contribution is 6.39. The highest BCUT2D eigenvalue weighted by Crippen LogP contribution is 2.48. The fourth-order valence-corrected chi connectivity index (χ4v) is 5.51. The molecule has 0 aliphatic heterocycles. The van der Waals surface area contributed by atoms with Crippen molar-refractivity contribution in [2.45, 2.75) is 37.0 Å². The number of amides is 3. The Bertz CT molecular complexity index is 2270. The number of aromatic nitrogens is 4. The third-order valence-corrected chi connectivity index (χ3v) is 8.62. The normalized spacial score (nSPS) is 13.3. The molecule has 0 unspecified atom stereocenters. The highest BCUT2D eigenvalue weighted by atomic mass is 35.5. The minimum atomic E-state index is -4.65. The van der Waals surface area contributed by atoms with Crippen molar-refractivity contribution < 1.29 is 46.9 Å². The molecule has 1 aliphatic rings. The molecule has 3 amide bonds. The quantitative estimate of drug-likeness (QED) is 0.0647. The van der Waals surface area contributed by atoms with Crippen molar-refractivity contribution >= 4 is 58.6 Å². The van der Waals surface area contributed by atoms with E-state index >= 15 is 0 Å². The van der Waals surface area contributed by atoms with Gasteiger partial charge in [0.2, 0.25) is 11.9 Å². The van der Waals surface area contributed by atoms with Crippen molar-refractivity contribution in [1.29, 1.82) is 0 Å². The van der Waals surface area contributed by atoms with Crippen molar-refractivity contribution in [3.63, 3.8) is 0 Å². The SMILES string of the molecule is O=C(NCC[C@H](NC(=O)c1ccc(Nc2nc(NC3(c4ccc(Cl)cc4)CC3)nc(OCC(F)(F)F)n2)cc1)C(=O)O)C(=O)Nc1cccc(Oc2cccnc2)c1. The van der Waals surface area contributed by atoms with Crippen molar-refractivity contribution in [3.05, 3.63) is 113 Å². The number of nitrogens with zero attached hydrogens (tertiary/aromatic N) is 4. The Morgan fingerprint density at radius 1 is 0.862 bits per heavy atom. The van der Waals surface area contributed by atoms with E-state index in [1.54, 1.807) is 48.7 Å². The van der Waals surface area contributed by atoms with E-state index in [4.69, 9.17) is 21.1 Å². The lowest BCUT2D eigenvalue weighted by atomic mass is 10.1. The Labute approximate surface area is 332 Å². The molecule has 0 saturated heterocycles. The number of halogens is 4. The van der Waals surface area contributed by atoms with Crippen LogP contribution in [0, 0.1) is 0 Å². The lowest BCUT2D eigenvalue weighted by Crippen LogP contribution is -2.44. The minimum Gasteiger partial charge on any atom is -0.480 e. The van der Waals surface area contributed by atoms with E-state index in [-0.39, 0.29) is 36.1 Å². The smallest absolute Gasteiger partial charge is 0.422 e. The molecular formula is C38H33ClF3N9O7. The fourth-order valence-electron chi connectivity index (χ4n) is 5.39. The maximum absolute atomic E-state index is 13.0. The molecule has 5 aromatic rings. The van der Waals surface area contributed by atoms with Crippen LogP contribution >= 0.6 is 11.6 Å². The lowest BCUT2D eigenvalue weighted by molar-refractivity contribution is -0.154. The summed E-state index contributed by atoms with van der Waals surface area (Å²) < 4.78 is 49.4. The molecule has 6 rings (SSSR count). The van der Waals surface area contributed by atoms with Gasteiger partial charge in [0.25, 0.3) is 5.91 Å². The van der Waals surface area contributed by atoms with Crippen LogP contribution in [-0.4, -0.2) is 74.1 Å². The van der Waals surface area contributed by atoms with Crippen LogP contribution in [0.1, 0.15) is 35.2 Å². The summed E-state index contributed by atoms with van der Waals surface area (Å²) >= 11 is 6.02. The van der Waals surface area contributed by atoms with Crippen LogP contribution in [0.3, 0.4) is 0 Å². The molecule has 1 aliphatic carbocycles. The van der Waals surface area contributed by atoms with Gasteiger partial charge in [-0.25, -0.2) is 4.79 Å². The average Bonchev–Trinajstić information content (AvgIpc) is 3.97. The number of benzene rings is 3. The third kappa shape index (κ3) is 11.5. The number of nitrogens with one attached hydrogen (secondary N) is 5. The number of hydrogen-bond donors (Lipinski definition) is 6. The zero-order chi connectivity index (χ0) is 41.3. The molecule has 0 bridgehead atoms. The number of ether oxygens (including phenoxy) is 2. The van der Waals surface area contributed by atoms with Crippen molar-refractivity contribution in [2.24, 2.45) is 0 Å². The number of carboxylic acid groups (broad SMARTS) is 1. The van der Waals surface area contributed by atoms with Gasteiger partial charge in [0.05, 0.1) is 11.7 Å². The van der Waals surface area contributed by atoms with Gasteiger partial charge < -0.3 is 41.2 Å². The standard InChI is InChI=1S/C38H33ClF3N9O7/c39-24-10-8-23(9-11-24)37(15-16-37)51-35-48-34(49-36(50-35)57-21-38(40,41)42)46-25-12-6-22(7-13-25)30(52)47-29(33(55)56)14-18-44-31(53)32(54)45-26-3-1-4-27(19-26)58-28-5-2-17-43-20-28/h1-13,17,19-20,29H,14-16,18,21H2,(H,44,53)(H,45,54)(H,47,52)(H,55,56)(H2,46,48,49,50,51)/t29-/m0/s1. The van der Waals surface area contributed by atoms with E-state index < -0.39 is 54.1 Å². The number of pyridine rings is 1. The van der Waals surface area contributed by atoms with Crippen LogP contribution in [0.15, 0.2) is 97.3 Å². The summed E-state index contributed by atoms with van der Waals surface area (Å²) in [6.07, 6.45) is -0.436. The first kappa shape index (κ1) is 40.6. The second-order valence-electron chi connectivity index (χ2n) is 12.8. The molecule has 1 saturated carbocycles. The maximum Gasteiger partial charge on any atom is 0.422 e. The van der Waals surface area contributed by atoms with Gasteiger partial charge >= 0.3 is 30.0 Å². The lowest BCUT2D eigenvalue weighted by Gasteiger charge is -2.19. The molecule has 0 radical (unpaired) electrons. The zero-order valence-electron chi connectivity index (χ0n) is 30.0. The van der Waals surface area contributed by atoms with Crippen molar-refractivity contribution in [2.75, 3.05) is 29.1 Å². The number of carbonyl (C=O) groups is 4. The van der Waals surface area contributed by atoms with Crippen molar-refractivity contribution in [3.8, 4) is 17.5 Å². The van der Waals surface area contributed by atoms with E-state index in [2.05, 4.69) is 46.5 Å². The summed E-state index contributed by atoms with van der Waals surface area (Å²) in [5, 5.41) is 23.4. The van der Waals surface area contributed by atoms with E-state index in [0.717, 1.165) is 5.56 Å². The van der Waals surface area contributed by atoms with Crippen molar-refractivity contribution in [1.82, 2.24) is 30.6 Å². The first-order valence-corrected chi connectivity index (χ1v) is 17.8. The Morgan fingerprint density at radius 2 is 1.59 bits per heavy atom. The van der Waals surface area contributed by atoms with Gasteiger partial charge in [0.15, 0.2) is 6.61 Å². The van der Waals surface area contributed by atoms with E-state index in [9.17, 15) is 37.5 Å². The number of anilines is 4. The molecule has 6 N–H and O–H groups in total. The number of rotatable bonds is 16. The van der Waals surface area contributed by atoms with Gasteiger partial charge in [0, 0.05) is 40.8 Å². The predicted octanol–water partition coefficient (Wildman–Crippen LogP) is 5.83. The van der Waals surface area contributed by atoms with Gasteiger partial charge in [-0.05, 0) is 85.5 Å². The van der Waals surface area contributed by atoms with E-state index in [1.165, 1.54) is 36.5 Å². The molecular weight excluding hydrogens is 787 g/mol. The molecule has 58 heavy (non-hydrogen) atoms. The molecule has 1 atom stereocenters. The average molecular weight is 820 g/mol. The van der Waals surface area contributed by atoms with Gasteiger partial charge in [-0.2, -0.15) is 28.1 Å². The Balaban J connectivity index is 1.02. The number of aliphatic carboxylic acids is 1. The number of carbonyl (C=O) groups excluding carboxylic acids is 3. The van der Waals surface area contributed by atoms with Crippen LogP contribution < -0.4 is 36.1 Å². The van der Waals surface area contributed by atoms with Gasteiger partial charge in [0.1, 0.15) is 17.5 Å². The molecule has 2 aromatic heterocycles. The maximum atomic E-state index is 13.0. The summed E-state index contributed by atoms with van der Waals surface area (Å²) in [6, 6.07) is 20.3. The van der Waals surface area contributed by atoms with E-state index in [0.29, 0.717) is 35.1 Å². The monoisotopic (exact) mass is 819 g/mol. The first-order valence-electron chi connectivity index (χ1n) is 17.4. The molecule has 16 nitrogen and oxygen atoms in total. The molecule has 300 valence electrons. The highest BCUT2D eigenvalue weighted by Gasteiger charge is 2.45. The Kier molecular flexibility index (Phi) is 12.5. The summed E-state index contributed by atoms with van der Waals surface area (Å²) in [6.45, 7) is -1.91. The molecule has 1 fully saturated rings. The zero-order valence-corrected chi connectivity index (χ0v) is 30.8. The summed E-state index contributed by atoms with van der Waals surface area (Å²) in [7, 11) is 0. The molecule has 3 aromatic carbocycles. The second-order valence-corrected chi connectivity index (χ2v) is 13.2. The van der Waals surface area contributed by atoms with E-state index in [1.807, 2.05) is 12.1 Å². The summed E-state index contributed by atoms with van der Waals surface area (Å²) in [5.74, 6) is -3.56. The Morgan fingerprint density at radius 3 is 2.26 bits per heavy atom.